The van der Waals surface area contributed by atoms with Gasteiger partial charge in [-0.05, 0) is 46.5 Å². The zero-order chi connectivity index (χ0) is 12.5. The van der Waals surface area contributed by atoms with E-state index in [2.05, 4.69) is 60.5 Å². The van der Waals surface area contributed by atoms with Crippen LogP contribution < -0.4 is 5.32 Å². The van der Waals surface area contributed by atoms with E-state index >= 15 is 0 Å². The van der Waals surface area contributed by atoms with E-state index in [4.69, 9.17) is 0 Å². The van der Waals surface area contributed by atoms with Crippen molar-refractivity contribution in [2.45, 2.75) is 25.4 Å². The third-order valence-corrected chi connectivity index (χ3v) is 3.91. The normalized spacial score (nSPS) is 15.0. The predicted octanol–water partition coefficient (Wildman–Crippen LogP) is 3.65. The van der Waals surface area contributed by atoms with Crippen molar-refractivity contribution in [1.82, 2.24) is 15.1 Å². The van der Waals surface area contributed by atoms with Gasteiger partial charge in [-0.15, -0.1) is 0 Å². The Morgan fingerprint density at radius 2 is 2.11 bits per heavy atom. The SMILES string of the molecule is Brc1ccc(CNC2CC2)c(-n2cc(Br)cn2)c1. The van der Waals surface area contributed by atoms with E-state index in [1.165, 1.54) is 18.4 Å². The first kappa shape index (κ1) is 12.4. The lowest BCUT2D eigenvalue weighted by molar-refractivity contribution is 0.681. The van der Waals surface area contributed by atoms with Crippen molar-refractivity contribution in [3.8, 4) is 5.69 Å². The van der Waals surface area contributed by atoms with Gasteiger partial charge in [-0.1, -0.05) is 22.0 Å². The van der Waals surface area contributed by atoms with Crippen LogP contribution in [0.1, 0.15) is 18.4 Å². The van der Waals surface area contributed by atoms with Crippen LogP contribution in [-0.2, 0) is 6.54 Å². The van der Waals surface area contributed by atoms with Gasteiger partial charge in [0, 0.05) is 23.3 Å². The van der Waals surface area contributed by atoms with Gasteiger partial charge in [0.05, 0.1) is 16.4 Å². The van der Waals surface area contributed by atoms with Crippen molar-refractivity contribution >= 4 is 31.9 Å². The molecule has 5 heteroatoms. The summed E-state index contributed by atoms with van der Waals surface area (Å²) in [7, 11) is 0. The van der Waals surface area contributed by atoms with E-state index in [1.54, 1.807) is 6.20 Å². The zero-order valence-electron chi connectivity index (χ0n) is 9.74. The minimum atomic E-state index is 0.714. The zero-order valence-corrected chi connectivity index (χ0v) is 12.9. The maximum atomic E-state index is 4.35. The second kappa shape index (κ2) is 5.15. The molecule has 2 aromatic rings. The average Bonchev–Trinajstić information content (AvgIpc) is 3.09. The summed E-state index contributed by atoms with van der Waals surface area (Å²) in [6.45, 7) is 0.894. The van der Waals surface area contributed by atoms with Crippen molar-refractivity contribution in [3.05, 3.63) is 45.1 Å². The second-order valence-electron chi connectivity index (χ2n) is 4.53. The Hall–Kier alpha value is -0.650. The Morgan fingerprint density at radius 3 is 2.78 bits per heavy atom. The molecule has 1 saturated carbocycles. The molecule has 1 aromatic heterocycles. The molecule has 0 spiro atoms. The number of nitrogens with one attached hydrogen (secondary N) is 1. The van der Waals surface area contributed by atoms with Gasteiger partial charge < -0.3 is 5.32 Å². The van der Waals surface area contributed by atoms with Crippen molar-refractivity contribution in [3.63, 3.8) is 0 Å². The molecule has 94 valence electrons. The molecule has 0 amide bonds. The Labute approximate surface area is 123 Å². The molecule has 3 nitrogen and oxygen atoms in total. The fraction of sp³-hybridized carbons (Fsp3) is 0.308. The highest BCUT2D eigenvalue weighted by atomic mass is 79.9. The maximum absolute atomic E-state index is 4.35. The molecule has 18 heavy (non-hydrogen) atoms. The fourth-order valence-corrected chi connectivity index (χ4v) is 2.51. The monoisotopic (exact) mass is 369 g/mol. The van der Waals surface area contributed by atoms with E-state index in [0.717, 1.165) is 21.2 Å². The van der Waals surface area contributed by atoms with Crippen molar-refractivity contribution in [2.75, 3.05) is 0 Å². The first-order valence-corrected chi connectivity index (χ1v) is 7.53. The molecular formula is C13H13Br2N3. The summed E-state index contributed by atoms with van der Waals surface area (Å²) < 4.78 is 3.96. The lowest BCUT2D eigenvalue weighted by Gasteiger charge is -2.11. The van der Waals surface area contributed by atoms with E-state index < -0.39 is 0 Å². The smallest absolute Gasteiger partial charge is 0.0702 e. The van der Waals surface area contributed by atoms with Crippen LogP contribution in [0.15, 0.2) is 39.5 Å². The molecule has 0 atom stereocenters. The standard InChI is InChI=1S/C13H13Br2N3/c14-10-2-1-9(6-16-12-3-4-12)13(5-10)18-8-11(15)7-17-18/h1-2,5,7-8,12,16H,3-4,6H2. The van der Waals surface area contributed by atoms with E-state index in [1.807, 2.05) is 10.9 Å². The van der Waals surface area contributed by atoms with E-state index in [-0.39, 0.29) is 0 Å². The number of aromatic nitrogens is 2. The minimum Gasteiger partial charge on any atom is -0.310 e. The molecule has 1 N–H and O–H groups in total. The number of hydrogen-bond acceptors (Lipinski definition) is 2. The third-order valence-electron chi connectivity index (χ3n) is 3.00. The molecule has 3 rings (SSSR count). The third kappa shape index (κ3) is 2.84. The number of benzene rings is 1. The maximum Gasteiger partial charge on any atom is 0.0702 e. The Morgan fingerprint density at radius 1 is 1.28 bits per heavy atom. The Balaban J connectivity index is 1.91. The average molecular weight is 371 g/mol. The highest BCUT2D eigenvalue weighted by molar-refractivity contribution is 9.10. The van der Waals surface area contributed by atoms with Gasteiger partial charge in [0.2, 0.25) is 0 Å². The molecule has 0 unspecified atom stereocenters. The molecule has 0 bridgehead atoms. The van der Waals surface area contributed by atoms with Gasteiger partial charge in [0.1, 0.15) is 0 Å². The van der Waals surface area contributed by atoms with Crippen molar-refractivity contribution in [2.24, 2.45) is 0 Å². The van der Waals surface area contributed by atoms with Crippen LogP contribution in [0.2, 0.25) is 0 Å². The van der Waals surface area contributed by atoms with Crippen LogP contribution in [0.4, 0.5) is 0 Å². The van der Waals surface area contributed by atoms with Gasteiger partial charge in [0.25, 0.3) is 0 Å². The molecule has 1 fully saturated rings. The fourth-order valence-electron chi connectivity index (χ4n) is 1.87. The van der Waals surface area contributed by atoms with Crippen LogP contribution in [-0.4, -0.2) is 15.8 Å². The predicted molar refractivity (Wildman–Crippen MR) is 78.8 cm³/mol. The topological polar surface area (TPSA) is 29.9 Å². The lowest BCUT2D eigenvalue weighted by Crippen LogP contribution is -2.17. The van der Waals surface area contributed by atoms with Gasteiger partial charge in [-0.25, -0.2) is 4.68 Å². The first-order valence-electron chi connectivity index (χ1n) is 5.95. The summed E-state index contributed by atoms with van der Waals surface area (Å²) in [5, 5.41) is 7.89. The van der Waals surface area contributed by atoms with Gasteiger partial charge in [-0.3, -0.25) is 0 Å². The largest absolute Gasteiger partial charge is 0.310 e. The first-order chi connectivity index (χ1) is 8.72. The molecule has 1 aromatic carbocycles. The summed E-state index contributed by atoms with van der Waals surface area (Å²) in [6.07, 6.45) is 6.39. The summed E-state index contributed by atoms with van der Waals surface area (Å²) in [5.74, 6) is 0. The van der Waals surface area contributed by atoms with Gasteiger partial charge in [0.15, 0.2) is 0 Å². The van der Waals surface area contributed by atoms with E-state index in [9.17, 15) is 0 Å². The highest BCUT2D eigenvalue weighted by Gasteiger charge is 2.20. The van der Waals surface area contributed by atoms with E-state index in [0.29, 0.717) is 6.04 Å². The summed E-state index contributed by atoms with van der Waals surface area (Å²) >= 11 is 6.95. The molecular weight excluding hydrogens is 358 g/mol. The van der Waals surface area contributed by atoms with Gasteiger partial charge >= 0.3 is 0 Å². The number of hydrogen-bond donors (Lipinski definition) is 1. The summed E-state index contributed by atoms with van der Waals surface area (Å²) in [5.41, 5.74) is 2.38. The molecule has 0 radical (unpaired) electrons. The second-order valence-corrected chi connectivity index (χ2v) is 6.36. The van der Waals surface area contributed by atoms with Crippen molar-refractivity contribution < 1.29 is 0 Å². The van der Waals surface area contributed by atoms with Crippen LogP contribution in [0.25, 0.3) is 5.69 Å². The van der Waals surface area contributed by atoms with Crippen LogP contribution in [0.3, 0.4) is 0 Å². The Bertz CT molecular complexity index is 561. The quantitative estimate of drug-likeness (QED) is 0.890. The highest BCUT2D eigenvalue weighted by Crippen LogP contribution is 2.24. The Kier molecular flexibility index (Phi) is 3.54. The molecule has 0 aliphatic heterocycles. The van der Waals surface area contributed by atoms with Gasteiger partial charge in [-0.2, -0.15) is 5.10 Å². The van der Waals surface area contributed by atoms with Crippen LogP contribution >= 0.6 is 31.9 Å². The van der Waals surface area contributed by atoms with Crippen LogP contribution in [0, 0.1) is 0 Å². The number of halogens is 2. The number of nitrogens with zero attached hydrogens (tertiary/aromatic N) is 2. The molecule has 1 aliphatic rings. The lowest BCUT2D eigenvalue weighted by atomic mass is 10.2. The summed E-state index contributed by atoms with van der Waals surface area (Å²) in [6, 6.07) is 7.03. The minimum absolute atomic E-state index is 0.714. The summed E-state index contributed by atoms with van der Waals surface area (Å²) in [4.78, 5) is 0. The van der Waals surface area contributed by atoms with Crippen LogP contribution in [0.5, 0.6) is 0 Å². The van der Waals surface area contributed by atoms with Crippen molar-refractivity contribution in [1.29, 1.82) is 0 Å². The molecule has 1 heterocycles. The molecule has 0 saturated heterocycles. The molecule has 1 aliphatic carbocycles. The number of rotatable bonds is 4.